The van der Waals surface area contributed by atoms with Crippen LogP contribution in [0.3, 0.4) is 0 Å². The largest absolute Gasteiger partial charge is 0.478 e. The highest BCUT2D eigenvalue weighted by atomic mass is 16.4. The van der Waals surface area contributed by atoms with Gasteiger partial charge in [0.1, 0.15) is 0 Å². The Morgan fingerprint density at radius 2 is 2.24 bits per heavy atom. The summed E-state index contributed by atoms with van der Waals surface area (Å²) < 4.78 is 0. The first-order valence-electron chi connectivity index (χ1n) is 5.36. The molecule has 17 heavy (non-hydrogen) atoms. The molecule has 4 nitrogen and oxygen atoms in total. The molecule has 0 aliphatic rings. The summed E-state index contributed by atoms with van der Waals surface area (Å²) in [6, 6.07) is 7.05. The quantitative estimate of drug-likeness (QED) is 0.756. The van der Waals surface area contributed by atoms with Gasteiger partial charge in [-0.1, -0.05) is 6.07 Å². The van der Waals surface area contributed by atoms with Gasteiger partial charge < -0.3 is 15.4 Å². The van der Waals surface area contributed by atoms with Crippen LogP contribution in [0.5, 0.6) is 0 Å². The third-order valence-electron chi connectivity index (χ3n) is 2.63. The number of carboxylic acids is 1. The lowest BCUT2D eigenvalue weighted by Crippen LogP contribution is -2.03. The van der Waals surface area contributed by atoms with Gasteiger partial charge in [0.15, 0.2) is 0 Å². The van der Waals surface area contributed by atoms with Gasteiger partial charge in [-0.25, -0.2) is 4.79 Å². The molecule has 88 valence electrons. The molecule has 1 aromatic heterocycles. The van der Waals surface area contributed by atoms with Gasteiger partial charge in [0.05, 0.1) is 5.56 Å². The van der Waals surface area contributed by atoms with Crippen LogP contribution in [0.1, 0.15) is 21.5 Å². The molecule has 2 aromatic rings. The van der Waals surface area contributed by atoms with Crippen LogP contribution < -0.4 is 5.32 Å². The molecule has 2 rings (SSSR count). The van der Waals surface area contributed by atoms with Crippen LogP contribution >= 0.6 is 0 Å². The summed E-state index contributed by atoms with van der Waals surface area (Å²) in [7, 11) is 0. The first kappa shape index (κ1) is 11.3. The molecule has 0 atom stereocenters. The van der Waals surface area contributed by atoms with Crippen molar-refractivity contribution in [3.8, 4) is 0 Å². The highest BCUT2D eigenvalue weighted by Crippen LogP contribution is 2.17. The zero-order chi connectivity index (χ0) is 12.3. The van der Waals surface area contributed by atoms with Gasteiger partial charge in [0.2, 0.25) is 0 Å². The number of hydrogen-bond donors (Lipinski definition) is 3. The minimum atomic E-state index is -0.908. The monoisotopic (exact) mass is 230 g/mol. The van der Waals surface area contributed by atoms with Crippen molar-refractivity contribution in [2.75, 3.05) is 5.32 Å². The number of rotatable bonds is 4. The second-order valence-corrected chi connectivity index (χ2v) is 3.91. The summed E-state index contributed by atoms with van der Waals surface area (Å²) in [4.78, 5) is 13.8. The molecule has 0 unspecified atom stereocenters. The number of aryl methyl sites for hydroxylation is 1. The number of benzene rings is 1. The van der Waals surface area contributed by atoms with E-state index in [9.17, 15) is 4.79 Å². The van der Waals surface area contributed by atoms with Crippen molar-refractivity contribution in [2.24, 2.45) is 0 Å². The van der Waals surface area contributed by atoms with E-state index in [2.05, 4.69) is 10.3 Å². The summed E-state index contributed by atoms with van der Waals surface area (Å²) in [5, 5.41) is 12.1. The maximum absolute atomic E-state index is 10.9. The smallest absolute Gasteiger partial charge is 0.335 e. The van der Waals surface area contributed by atoms with Crippen LogP contribution in [-0.2, 0) is 6.54 Å². The molecule has 0 saturated carbocycles. The van der Waals surface area contributed by atoms with Crippen molar-refractivity contribution in [3.63, 3.8) is 0 Å². The van der Waals surface area contributed by atoms with Gasteiger partial charge in [-0.2, -0.15) is 0 Å². The number of hydrogen-bond acceptors (Lipinski definition) is 2. The third kappa shape index (κ3) is 2.66. The summed E-state index contributed by atoms with van der Waals surface area (Å²) in [5.74, 6) is -0.908. The van der Waals surface area contributed by atoms with E-state index in [4.69, 9.17) is 5.11 Å². The van der Waals surface area contributed by atoms with Crippen LogP contribution in [0.2, 0.25) is 0 Å². The molecule has 0 fully saturated rings. The first-order valence-corrected chi connectivity index (χ1v) is 5.36. The van der Waals surface area contributed by atoms with Gasteiger partial charge in [0, 0.05) is 24.6 Å². The fourth-order valence-electron chi connectivity index (χ4n) is 1.61. The maximum atomic E-state index is 10.9. The van der Waals surface area contributed by atoms with E-state index in [1.807, 2.05) is 31.5 Å². The van der Waals surface area contributed by atoms with Gasteiger partial charge in [-0.15, -0.1) is 0 Å². The van der Waals surface area contributed by atoms with Crippen molar-refractivity contribution in [1.29, 1.82) is 0 Å². The van der Waals surface area contributed by atoms with Crippen LogP contribution in [-0.4, -0.2) is 16.1 Å². The summed E-state index contributed by atoms with van der Waals surface area (Å²) in [6.07, 6.45) is 3.76. The van der Waals surface area contributed by atoms with E-state index in [0.717, 1.165) is 16.8 Å². The van der Waals surface area contributed by atoms with E-state index in [-0.39, 0.29) is 0 Å². The number of aromatic amines is 1. The van der Waals surface area contributed by atoms with Gasteiger partial charge in [-0.05, 0) is 36.2 Å². The minimum absolute atomic E-state index is 0.298. The zero-order valence-electron chi connectivity index (χ0n) is 9.53. The van der Waals surface area contributed by atoms with Crippen molar-refractivity contribution in [3.05, 3.63) is 53.3 Å². The second kappa shape index (κ2) is 4.74. The molecule has 0 bridgehead atoms. The number of H-pyrrole nitrogens is 1. The van der Waals surface area contributed by atoms with Crippen molar-refractivity contribution >= 4 is 11.7 Å². The molecule has 0 aliphatic heterocycles. The fourth-order valence-corrected chi connectivity index (χ4v) is 1.61. The molecular formula is C13H14N2O2. The zero-order valence-corrected chi connectivity index (χ0v) is 9.53. The highest BCUT2D eigenvalue weighted by molar-refractivity contribution is 5.89. The lowest BCUT2D eigenvalue weighted by atomic mass is 10.1. The van der Waals surface area contributed by atoms with Crippen LogP contribution in [0.25, 0.3) is 0 Å². The Hall–Kier alpha value is -2.23. The van der Waals surface area contributed by atoms with Crippen molar-refractivity contribution < 1.29 is 9.90 Å². The number of carbonyl (C=O) groups is 1. The normalized spacial score (nSPS) is 10.2. The third-order valence-corrected chi connectivity index (χ3v) is 2.63. The summed E-state index contributed by atoms with van der Waals surface area (Å²) in [5.41, 5.74) is 3.31. The number of anilines is 1. The van der Waals surface area contributed by atoms with Crippen molar-refractivity contribution in [1.82, 2.24) is 4.98 Å². The van der Waals surface area contributed by atoms with E-state index in [0.29, 0.717) is 12.1 Å². The Balaban J connectivity index is 2.14. The summed E-state index contributed by atoms with van der Waals surface area (Å²) in [6.45, 7) is 2.62. The molecule has 0 amide bonds. The molecule has 3 N–H and O–H groups in total. The van der Waals surface area contributed by atoms with Gasteiger partial charge >= 0.3 is 5.97 Å². The number of aromatic carboxylic acids is 1. The summed E-state index contributed by atoms with van der Waals surface area (Å²) >= 11 is 0. The lowest BCUT2D eigenvalue weighted by Gasteiger charge is -2.09. The first-order chi connectivity index (χ1) is 8.16. The predicted molar refractivity (Wildman–Crippen MR) is 66.3 cm³/mol. The predicted octanol–water partition coefficient (Wildman–Crippen LogP) is 2.63. The minimum Gasteiger partial charge on any atom is -0.478 e. The van der Waals surface area contributed by atoms with E-state index < -0.39 is 5.97 Å². The molecule has 1 aromatic carbocycles. The Labute approximate surface area is 99.3 Å². The standard InChI is InChI=1S/C13H14N2O2/c1-9-2-3-11(13(16)17)6-12(9)15-8-10-4-5-14-7-10/h2-7,14-15H,8H2,1H3,(H,16,17). The number of nitrogens with one attached hydrogen (secondary N) is 2. The van der Waals surface area contributed by atoms with Gasteiger partial charge in [-0.3, -0.25) is 0 Å². The average Bonchev–Trinajstić information content (AvgIpc) is 2.80. The van der Waals surface area contributed by atoms with Gasteiger partial charge in [0.25, 0.3) is 0 Å². The van der Waals surface area contributed by atoms with E-state index >= 15 is 0 Å². The van der Waals surface area contributed by atoms with Crippen LogP contribution in [0.4, 0.5) is 5.69 Å². The van der Waals surface area contributed by atoms with Crippen LogP contribution in [0, 0.1) is 6.92 Å². The molecule has 1 heterocycles. The lowest BCUT2D eigenvalue weighted by molar-refractivity contribution is 0.0697. The molecule has 0 aliphatic carbocycles. The topological polar surface area (TPSA) is 65.1 Å². The Morgan fingerprint density at radius 1 is 1.41 bits per heavy atom. The van der Waals surface area contributed by atoms with Crippen LogP contribution in [0.15, 0.2) is 36.7 Å². The molecule has 0 radical (unpaired) electrons. The molecule has 4 heteroatoms. The average molecular weight is 230 g/mol. The van der Waals surface area contributed by atoms with E-state index in [1.54, 1.807) is 12.1 Å². The number of aromatic nitrogens is 1. The fraction of sp³-hybridized carbons (Fsp3) is 0.154. The molecule has 0 saturated heterocycles. The second-order valence-electron chi connectivity index (χ2n) is 3.91. The highest BCUT2D eigenvalue weighted by Gasteiger charge is 2.05. The van der Waals surface area contributed by atoms with Crippen molar-refractivity contribution in [2.45, 2.75) is 13.5 Å². The SMILES string of the molecule is Cc1ccc(C(=O)O)cc1NCc1cc[nH]c1. The Bertz CT molecular complexity index is 518. The Morgan fingerprint density at radius 3 is 2.88 bits per heavy atom. The molecular weight excluding hydrogens is 216 g/mol. The maximum Gasteiger partial charge on any atom is 0.335 e. The molecule has 0 spiro atoms. The number of carboxylic acid groups (broad SMARTS) is 1. The van der Waals surface area contributed by atoms with E-state index in [1.165, 1.54) is 0 Å². The Kier molecular flexibility index (Phi) is 3.14.